The summed E-state index contributed by atoms with van der Waals surface area (Å²) >= 11 is 0. The summed E-state index contributed by atoms with van der Waals surface area (Å²) in [6.07, 6.45) is 5.91. The molecule has 8 nitrogen and oxygen atoms in total. The van der Waals surface area contributed by atoms with Crippen molar-refractivity contribution >= 4 is 11.4 Å². The minimum absolute atomic E-state index is 0.00390. The molecule has 2 heterocycles. The van der Waals surface area contributed by atoms with Crippen molar-refractivity contribution in [3.05, 3.63) is 45.8 Å². The first-order valence-electron chi connectivity index (χ1n) is 9.80. The second kappa shape index (κ2) is 6.43. The van der Waals surface area contributed by atoms with Crippen LogP contribution in [0.4, 0.5) is 15.8 Å². The number of fused-ring (bicyclic) bond motifs is 1. The number of anilines is 1. The van der Waals surface area contributed by atoms with Crippen molar-refractivity contribution in [3.8, 4) is 11.1 Å². The van der Waals surface area contributed by atoms with E-state index in [1.807, 2.05) is 0 Å². The Morgan fingerprint density at radius 2 is 2.00 bits per heavy atom. The lowest BCUT2D eigenvalue weighted by Gasteiger charge is -2.22. The predicted octanol–water partition coefficient (Wildman–Crippen LogP) is 3.24. The molecule has 1 aromatic heterocycles. The Morgan fingerprint density at radius 1 is 1.31 bits per heavy atom. The zero-order chi connectivity index (χ0) is 20.3. The van der Waals surface area contributed by atoms with Crippen molar-refractivity contribution in [3.63, 3.8) is 0 Å². The van der Waals surface area contributed by atoms with Gasteiger partial charge in [-0.1, -0.05) is 0 Å². The molecule has 9 heteroatoms. The Hall–Kier alpha value is -2.65. The highest BCUT2D eigenvalue weighted by Gasteiger charge is 2.55. The molecule has 1 aromatic carbocycles. The fraction of sp³-hybridized carbons (Fsp3) is 0.500. The normalized spacial score (nSPS) is 30.3. The minimum atomic E-state index is -1.04. The van der Waals surface area contributed by atoms with Gasteiger partial charge < -0.3 is 15.6 Å². The van der Waals surface area contributed by atoms with Gasteiger partial charge in [-0.25, -0.2) is 14.4 Å². The smallest absolute Gasteiger partial charge is 0.293 e. The highest BCUT2D eigenvalue weighted by atomic mass is 19.1. The van der Waals surface area contributed by atoms with Crippen LogP contribution in [0.25, 0.3) is 11.1 Å². The van der Waals surface area contributed by atoms with E-state index in [2.05, 4.69) is 9.97 Å². The largest absolute Gasteiger partial charge is 0.393 e. The molecule has 152 valence electrons. The van der Waals surface area contributed by atoms with Gasteiger partial charge in [0, 0.05) is 41.8 Å². The lowest BCUT2D eigenvalue weighted by Crippen LogP contribution is -2.26. The molecule has 0 spiro atoms. The van der Waals surface area contributed by atoms with E-state index >= 15 is 4.39 Å². The zero-order valence-corrected chi connectivity index (χ0v) is 15.7. The number of rotatable bonds is 4. The molecule has 3 aliphatic rings. The van der Waals surface area contributed by atoms with Gasteiger partial charge in [-0.3, -0.25) is 10.1 Å². The number of nitro benzene ring substituents is 1. The fourth-order valence-corrected chi connectivity index (χ4v) is 4.81. The molecular formula is C20H21FN4O4. The van der Waals surface area contributed by atoms with Crippen LogP contribution in [0.5, 0.6) is 0 Å². The molecule has 0 amide bonds. The molecule has 2 unspecified atom stereocenters. The lowest BCUT2D eigenvalue weighted by molar-refractivity contribution is -0.384. The maximum atomic E-state index is 15.4. The first-order chi connectivity index (χ1) is 13.9. The van der Waals surface area contributed by atoms with E-state index in [0.29, 0.717) is 49.1 Å². The molecule has 2 aliphatic carbocycles. The average molecular weight is 400 g/mol. The molecule has 3 N–H and O–H groups in total. The number of nitrogens with zero attached hydrogens (tertiary/aromatic N) is 3. The summed E-state index contributed by atoms with van der Waals surface area (Å²) in [4.78, 5) is 19.4. The van der Waals surface area contributed by atoms with Gasteiger partial charge in [-0.05, 0) is 43.9 Å². The highest BCUT2D eigenvalue weighted by Crippen LogP contribution is 2.58. The Bertz CT molecular complexity index is 981. The fourth-order valence-electron chi connectivity index (χ4n) is 4.81. The van der Waals surface area contributed by atoms with Gasteiger partial charge in [0.25, 0.3) is 5.69 Å². The summed E-state index contributed by atoms with van der Waals surface area (Å²) in [5.74, 6) is 0.735. The van der Waals surface area contributed by atoms with Gasteiger partial charge in [-0.2, -0.15) is 0 Å². The number of hydrogen-bond donors (Lipinski definition) is 2. The SMILES string of the molecule is Nc1c([N+](=O)[O-])cc(-c2cnc(C3(O)CC4CC4C3)nc2)c(F)c1[C@H]1CCCO1. The third kappa shape index (κ3) is 2.96. The quantitative estimate of drug-likeness (QED) is 0.458. The third-order valence-electron chi connectivity index (χ3n) is 6.42. The maximum Gasteiger partial charge on any atom is 0.293 e. The Morgan fingerprint density at radius 3 is 2.59 bits per heavy atom. The number of aliphatic hydroxyl groups is 1. The van der Waals surface area contributed by atoms with Crippen molar-refractivity contribution in [2.45, 2.75) is 43.8 Å². The van der Waals surface area contributed by atoms with Gasteiger partial charge in [0.2, 0.25) is 0 Å². The maximum absolute atomic E-state index is 15.4. The zero-order valence-electron chi connectivity index (χ0n) is 15.7. The van der Waals surface area contributed by atoms with Gasteiger partial charge >= 0.3 is 0 Å². The van der Waals surface area contributed by atoms with Crippen LogP contribution in [0.15, 0.2) is 18.5 Å². The highest BCUT2D eigenvalue weighted by molar-refractivity contribution is 5.76. The molecule has 0 radical (unpaired) electrons. The summed E-state index contributed by atoms with van der Waals surface area (Å²) in [6.45, 7) is 0.458. The van der Waals surface area contributed by atoms with Crippen LogP contribution in [0.3, 0.4) is 0 Å². The van der Waals surface area contributed by atoms with Crippen LogP contribution in [0.1, 0.15) is 49.6 Å². The number of benzene rings is 1. The molecule has 3 atom stereocenters. The van der Waals surface area contributed by atoms with E-state index in [-0.39, 0.29) is 22.5 Å². The summed E-state index contributed by atoms with van der Waals surface area (Å²) in [7, 11) is 0. The van der Waals surface area contributed by atoms with E-state index in [0.717, 1.165) is 18.9 Å². The van der Waals surface area contributed by atoms with Crippen LogP contribution < -0.4 is 5.73 Å². The molecule has 3 fully saturated rings. The van der Waals surface area contributed by atoms with Crippen LogP contribution in [-0.4, -0.2) is 26.6 Å². The summed E-state index contributed by atoms with van der Waals surface area (Å²) < 4.78 is 20.9. The second-order valence-electron chi connectivity index (χ2n) is 8.33. The molecule has 1 saturated heterocycles. The number of nitrogen functional groups attached to an aromatic ring is 1. The number of hydrogen-bond acceptors (Lipinski definition) is 7. The standard InChI is InChI=1S/C20H21FN4O4/c21-17-13(5-14(25(27)28)18(22)16(17)15-2-1-3-29-15)12-8-23-19(24-9-12)20(26)6-10-4-11(10)7-20/h5,8-11,15,26H,1-4,6-7,22H2/t10?,11?,15-,20?/m1/s1. The second-order valence-corrected chi connectivity index (χ2v) is 8.33. The number of ether oxygens (including phenoxy) is 1. The van der Waals surface area contributed by atoms with Crippen molar-refractivity contribution < 1.29 is 19.2 Å². The van der Waals surface area contributed by atoms with Crippen molar-refractivity contribution in [1.29, 1.82) is 0 Å². The van der Waals surface area contributed by atoms with Crippen molar-refractivity contribution in [2.24, 2.45) is 11.8 Å². The number of halogens is 1. The molecule has 29 heavy (non-hydrogen) atoms. The third-order valence-corrected chi connectivity index (χ3v) is 6.42. The van der Waals surface area contributed by atoms with Crippen LogP contribution >= 0.6 is 0 Å². The van der Waals surface area contributed by atoms with Gasteiger partial charge in [0.05, 0.1) is 11.0 Å². The number of nitro groups is 1. The van der Waals surface area contributed by atoms with Crippen LogP contribution in [0, 0.1) is 27.8 Å². The summed E-state index contributed by atoms with van der Waals surface area (Å²) in [5, 5.41) is 22.3. The number of aromatic nitrogens is 2. The van der Waals surface area contributed by atoms with Crippen molar-refractivity contribution in [2.75, 3.05) is 12.3 Å². The molecule has 5 rings (SSSR count). The van der Waals surface area contributed by atoms with E-state index in [4.69, 9.17) is 10.5 Å². The van der Waals surface area contributed by atoms with E-state index in [1.54, 1.807) is 0 Å². The molecule has 2 saturated carbocycles. The Labute approximate surface area is 166 Å². The van der Waals surface area contributed by atoms with Crippen LogP contribution in [0.2, 0.25) is 0 Å². The average Bonchev–Trinajstić information content (AvgIpc) is 3.08. The first-order valence-corrected chi connectivity index (χ1v) is 9.80. The number of nitrogens with two attached hydrogens (primary N) is 1. The molecule has 2 aromatic rings. The van der Waals surface area contributed by atoms with E-state index < -0.39 is 22.4 Å². The predicted molar refractivity (Wildman–Crippen MR) is 101 cm³/mol. The topological polar surface area (TPSA) is 124 Å². The van der Waals surface area contributed by atoms with E-state index in [1.165, 1.54) is 12.4 Å². The molecule has 1 aliphatic heterocycles. The first kappa shape index (κ1) is 18.4. The van der Waals surface area contributed by atoms with Gasteiger partial charge in [0.15, 0.2) is 5.82 Å². The van der Waals surface area contributed by atoms with Gasteiger partial charge in [0.1, 0.15) is 17.1 Å². The van der Waals surface area contributed by atoms with Crippen molar-refractivity contribution in [1.82, 2.24) is 9.97 Å². The van der Waals surface area contributed by atoms with E-state index in [9.17, 15) is 15.2 Å². The summed E-state index contributed by atoms with van der Waals surface area (Å²) in [5.41, 5.74) is 4.62. The lowest BCUT2D eigenvalue weighted by atomic mass is 9.95. The minimum Gasteiger partial charge on any atom is -0.393 e. The van der Waals surface area contributed by atoms with Gasteiger partial charge in [-0.15, -0.1) is 0 Å². The molecular weight excluding hydrogens is 379 g/mol. The Balaban J connectivity index is 1.55. The Kier molecular flexibility index (Phi) is 4.08. The monoisotopic (exact) mass is 400 g/mol. The summed E-state index contributed by atoms with van der Waals surface area (Å²) in [6, 6.07) is 1.11. The molecule has 0 bridgehead atoms. The van der Waals surface area contributed by atoms with Crippen LogP contribution in [-0.2, 0) is 10.3 Å².